The Morgan fingerprint density at radius 1 is 1.50 bits per heavy atom. The topological polar surface area (TPSA) is 55.3 Å². The average Bonchev–Trinajstić information content (AvgIpc) is 2.75. The molecule has 0 N–H and O–H groups in total. The molecule has 1 aromatic rings. The van der Waals surface area contributed by atoms with E-state index in [2.05, 4.69) is 9.97 Å². The van der Waals surface area contributed by atoms with Crippen LogP contribution < -0.4 is 0 Å². The van der Waals surface area contributed by atoms with Crippen LogP contribution >= 0.6 is 11.6 Å². The Balaban J connectivity index is 1.88. The van der Waals surface area contributed by atoms with Gasteiger partial charge in [0.1, 0.15) is 10.8 Å². The number of carbonyl (C=O) groups is 1. The molecule has 1 saturated heterocycles. The molecule has 5 nitrogen and oxygen atoms in total. The van der Waals surface area contributed by atoms with E-state index in [0.717, 1.165) is 25.1 Å². The highest BCUT2D eigenvalue weighted by atomic mass is 35.5. The Kier molecular flexibility index (Phi) is 4.48. The summed E-state index contributed by atoms with van der Waals surface area (Å²) in [5.41, 5.74) is 0.418. The molecule has 110 valence electrons. The van der Waals surface area contributed by atoms with Gasteiger partial charge in [0.2, 0.25) is 0 Å². The van der Waals surface area contributed by atoms with Crippen LogP contribution in [0, 0.1) is 5.92 Å². The molecule has 1 atom stereocenters. The average molecular weight is 298 g/mol. The molecule has 1 aromatic heterocycles. The van der Waals surface area contributed by atoms with E-state index in [1.54, 1.807) is 11.1 Å². The van der Waals surface area contributed by atoms with E-state index in [9.17, 15) is 4.79 Å². The number of halogens is 1. The van der Waals surface area contributed by atoms with E-state index in [-0.39, 0.29) is 6.09 Å². The standard InChI is InChI=1S/C14H20ClN3O2/c1-14(2,3)20-13(19)18-5-4-10(9-18)6-11-7-16-8-12(15)17-11/h7-8,10H,4-6,9H2,1-3H3/t10-/m0/s1. The normalized spacial score (nSPS) is 19.2. The molecule has 0 aromatic carbocycles. The van der Waals surface area contributed by atoms with E-state index in [4.69, 9.17) is 16.3 Å². The van der Waals surface area contributed by atoms with Crippen LogP contribution in [0.4, 0.5) is 4.79 Å². The number of carbonyl (C=O) groups excluding carboxylic acids is 1. The summed E-state index contributed by atoms with van der Waals surface area (Å²) in [5, 5.41) is 0.407. The van der Waals surface area contributed by atoms with Crippen molar-refractivity contribution in [1.29, 1.82) is 0 Å². The maximum absolute atomic E-state index is 12.0. The fraction of sp³-hybridized carbons (Fsp3) is 0.643. The largest absolute Gasteiger partial charge is 0.444 e. The van der Waals surface area contributed by atoms with Gasteiger partial charge >= 0.3 is 6.09 Å². The number of amides is 1. The Morgan fingerprint density at radius 2 is 2.25 bits per heavy atom. The third-order valence-electron chi connectivity index (χ3n) is 3.09. The lowest BCUT2D eigenvalue weighted by atomic mass is 10.0. The van der Waals surface area contributed by atoms with Crippen molar-refractivity contribution >= 4 is 17.7 Å². The number of likely N-dealkylation sites (tertiary alicyclic amines) is 1. The van der Waals surface area contributed by atoms with Gasteiger partial charge in [-0.25, -0.2) is 9.78 Å². The van der Waals surface area contributed by atoms with E-state index in [1.165, 1.54) is 6.20 Å². The van der Waals surface area contributed by atoms with Crippen LogP contribution in [0.25, 0.3) is 0 Å². The predicted molar refractivity (Wildman–Crippen MR) is 76.7 cm³/mol. The molecule has 6 heteroatoms. The summed E-state index contributed by atoms with van der Waals surface area (Å²) in [6, 6.07) is 0. The monoisotopic (exact) mass is 297 g/mol. The maximum Gasteiger partial charge on any atom is 0.410 e. The molecule has 0 bridgehead atoms. The van der Waals surface area contributed by atoms with Crippen molar-refractivity contribution in [3.8, 4) is 0 Å². The number of rotatable bonds is 2. The van der Waals surface area contributed by atoms with Gasteiger partial charge in [-0.15, -0.1) is 0 Å². The van der Waals surface area contributed by atoms with Crippen LogP contribution in [0.2, 0.25) is 5.15 Å². The number of nitrogens with zero attached hydrogens (tertiary/aromatic N) is 3. The number of ether oxygens (including phenoxy) is 1. The van der Waals surface area contributed by atoms with Gasteiger partial charge in [-0.3, -0.25) is 4.98 Å². The zero-order valence-electron chi connectivity index (χ0n) is 12.1. The Hall–Kier alpha value is -1.36. The summed E-state index contributed by atoms with van der Waals surface area (Å²) in [4.78, 5) is 22.0. The first kappa shape index (κ1) is 15.0. The Morgan fingerprint density at radius 3 is 2.90 bits per heavy atom. The van der Waals surface area contributed by atoms with Gasteiger partial charge in [-0.05, 0) is 39.5 Å². The number of hydrogen-bond acceptors (Lipinski definition) is 4. The minimum atomic E-state index is -0.451. The van der Waals surface area contributed by atoms with Gasteiger partial charge < -0.3 is 9.64 Å². The lowest BCUT2D eigenvalue weighted by Gasteiger charge is -2.24. The summed E-state index contributed by atoms with van der Waals surface area (Å²) in [5.74, 6) is 0.385. The quantitative estimate of drug-likeness (QED) is 0.842. The molecule has 1 amide bonds. The summed E-state index contributed by atoms with van der Waals surface area (Å²) < 4.78 is 5.38. The molecule has 0 spiro atoms. The van der Waals surface area contributed by atoms with Crippen LogP contribution in [-0.2, 0) is 11.2 Å². The zero-order valence-corrected chi connectivity index (χ0v) is 12.9. The minimum absolute atomic E-state index is 0.239. The molecule has 0 aliphatic carbocycles. The highest BCUT2D eigenvalue weighted by Crippen LogP contribution is 2.22. The molecule has 0 saturated carbocycles. The molecule has 1 aliphatic heterocycles. The molecule has 2 rings (SSSR count). The van der Waals surface area contributed by atoms with Crippen molar-refractivity contribution < 1.29 is 9.53 Å². The van der Waals surface area contributed by atoms with Crippen molar-refractivity contribution in [1.82, 2.24) is 14.9 Å². The van der Waals surface area contributed by atoms with Gasteiger partial charge in [0, 0.05) is 19.3 Å². The molecular weight excluding hydrogens is 278 g/mol. The van der Waals surface area contributed by atoms with E-state index < -0.39 is 5.60 Å². The summed E-state index contributed by atoms with van der Waals surface area (Å²) in [6.45, 7) is 7.05. The molecule has 0 radical (unpaired) electrons. The van der Waals surface area contributed by atoms with Crippen LogP contribution in [0.3, 0.4) is 0 Å². The van der Waals surface area contributed by atoms with Crippen LogP contribution in [-0.4, -0.2) is 39.7 Å². The first-order valence-corrected chi connectivity index (χ1v) is 7.15. The highest BCUT2D eigenvalue weighted by Gasteiger charge is 2.29. The van der Waals surface area contributed by atoms with E-state index >= 15 is 0 Å². The van der Waals surface area contributed by atoms with Gasteiger partial charge in [-0.1, -0.05) is 11.6 Å². The molecular formula is C14H20ClN3O2. The molecule has 0 unspecified atom stereocenters. The number of aromatic nitrogens is 2. The summed E-state index contributed by atoms with van der Waals surface area (Å²) in [7, 11) is 0. The SMILES string of the molecule is CC(C)(C)OC(=O)N1CC[C@@H](Cc2cncc(Cl)n2)C1. The van der Waals surface area contributed by atoms with Crippen molar-refractivity contribution in [2.24, 2.45) is 5.92 Å². The Bertz CT molecular complexity index is 488. The van der Waals surface area contributed by atoms with E-state index in [0.29, 0.717) is 17.6 Å². The molecule has 1 aliphatic rings. The summed E-state index contributed by atoms with van der Waals surface area (Å²) >= 11 is 5.82. The second kappa shape index (κ2) is 5.95. The second-order valence-corrected chi connectivity index (χ2v) is 6.51. The van der Waals surface area contributed by atoms with Gasteiger partial charge in [-0.2, -0.15) is 0 Å². The van der Waals surface area contributed by atoms with Crippen molar-refractivity contribution in [3.63, 3.8) is 0 Å². The fourth-order valence-electron chi connectivity index (χ4n) is 2.27. The van der Waals surface area contributed by atoms with Crippen molar-refractivity contribution in [3.05, 3.63) is 23.2 Å². The smallest absolute Gasteiger partial charge is 0.410 e. The summed E-state index contributed by atoms with van der Waals surface area (Å²) in [6.07, 6.45) is 4.74. The Labute approximate surface area is 124 Å². The first-order chi connectivity index (χ1) is 9.33. The lowest BCUT2D eigenvalue weighted by molar-refractivity contribution is 0.0288. The molecule has 20 heavy (non-hydrogen) atoms. The minimum Gasteiger partial charge on any atom is -0.444 e. The van der Waals surface area contributed by atoms with Crippen LogP contribution in [0.5, 0.6) is 0 Å². The zero-order chi connectivity index (χ0) is 14.8. The fourth-order valence-corrected chi connectivity index (χ4v) is 2.43. The second-order valence-electron chi connectivity index (χ2n) is 6.12. The van der Waals surface area contributed by atoms with Gasteiger partial charge in [0.15, 0.2) is 0 Å². The van der Waals surface area contributed by atoms with Crippen molar-refractivity contribution in [2.75, 3.05) is 13.1 Å². The highest BCUT2D eigenvalue weighted by molar-refractivity contribution is 6.29. The van der Waals surface area contributed by atoms with Crippen LogP contribution in [0.1, 0.15) is 32.9 Å². The lowest BCUT2D eigenvalue weighted by Crippen LogP contribution is -2.35. The first-order valence-electron chi connectivity index (χ1n) is 6.78. The third kappa shape index (κ3) is 4.34. The maximum atomic E-state index is 12.0. The van der Waals surface area contributed by atoms with Gasteiger partial charge in [0.05, 0.1) is 11.9 Å². The predicted octanol–water partition coefficient (Wildman–Crippen LogP) is 2.93. The number of hydrogen-bond donors (Lipinski definition) is 0. The molecule has 1 fully saturated rings. The third-order valence-corrected chi connectivity index (χ3v) is 3.27. The van der Waals surface area contributed by atoms with E-state index in [1.807, 2.05) is 20.8 Å². The van der Waals surface area contributed by atoms with Gasteiger partial charge in [0.25, 0.3) is 0 Å². The molecule has 2 heterocycles. The van der Waals surface area contributed by atoms with Crippen molar-refractivity contribution in [2.45, 2.75) is 39.2 Å². The van der Waals surface area contributed by atoms with Crippen LogP contribution in [0.15, 0.2) is 12.4 Å².